The summed E-state index contributed by atoms with van der Waals surface area (Å²) in [5.41, 5.74) is 1.89. The number of halogens is 1. The molecule has 0 bridgehead atoms. The van der Waals surface area contributed by atoms with Gasteiger partial charge in [-0.3, -0.25) is 4.79 Å². The molecule has 5 nitrogen and oxygen atoms in total. The molecule has 0 spiro atoms. The van der Waals surface area contributed by atoms with Crippen molar-refractivity contribution in [2.24, 2.45) is 0 Å². The fraction of sp³-hybridized carbons (Fsp3) is 0.250. The van der Waals surface area contributed by atoms with Crippen molar-refractivity contribution in [2.75, 3.05) is 0 Å². The fourth-order valence-electron chi connectivity index (χ4n) is 1.77. The van der Waals surface area contributed by atoms with Gasteiger partial charge in [0.1, 0.15) is 11.5 Å². The summed E-state index contributed by atoms with van der Waals surface area (Å²) in [6, 6.07) is 4.70. The molecule has 0 aliphatic rings. The predicted molar refractivity (Wildman–Crippen MR) is 62.1 cm³/mol. The number of carboxylic acid groups (broad SMARTS) is 1. The smallest absolute Gasteiger partial charge is 0.309 e. The first kappa shape index (κ1) is 12.2. The van der Waals surface area contributed by atoms with E-state index in [1.807, 2.05) is 0 Å². The maximum Gasteiger partial charge on any atom is 0.309 e. The minimum Gasteiger partial charge on any atom is -0.481 e. The molecule has 2 aromatic rings. The van der Waals surface area contributed by atoms with Crippen molar-refractivity contribution >= 4 is 5.97 Å². The van der Waals surface area contributed by atoms with Crippen LogP contribution in [-0.4, -0.2) is 26.1 Å². The lowest BCUT2D eigenvalue weighted by atomic mass is 10.2. The number of aliphatic carboxylic acids is 1. The van der Waals surface area contributed by atoms with Gasteiger partial charge in [-0.05, 0) is 25.5 Å². The van der Waals surface area contributed by atoms with E-state index in [9.17, 15) is 9.18 Å². The topological polar surface area (TPSA) is 68.0 Å². The second kappa shape index (κ2) is 4.56. The quantitative estimate of drug-likeness (QED) is 0.898. The van der Waals surface area contributed by atoms with Gasteiger partial charge < -0.3 is 5.11 Å². The zero-order valence-corrected chi connectivity index (χ0v) is 10.0. The zero-order chi connectivity index (χ0) is 13.3. The first-order valence-corrected chi connectivity index (χ1v) is 5.39. The van der Waals surface area contributed by atoms with Gasteiger partial charge >= 0.3 is 5.97 Å². The van der Waals surface area contributed by atoms with E-state index in [0.29, 0.717) is 22.6 Å². The van der Waals surface area contributed by atoms with Crippen LogP contribution >= 0.6 is 0 Å². The molecule has 0 aliphatic carbocycles. The first-order valence-electron chi connectivity index (χ1n) is 5.39. The van der Waals surface area contributed by atoms with Crippen LogP contribution in [0.1, 0.15) is 17.0 Å². The summed E-state index contributed by atoms with van der Waals surface area (Å²) in [6.45, 7) is 3.43. The lowest BCUT2D eigenvalue weighted by molar-refractivity contribution is -0.136. The standard InChI is InChI=1S/C12H12FN3O2/c1-7-4-3-5-9(13)12(7)16-8(2)10(14-15-16)6-11(17)18/h3-5H,6H2,1-2H3,(H,17,18). The summed E-state index contributed by atoms with van der Waals surface area (Å²) in [5, 5.41) is 16.3. The molecule has 0 saturated heterocycles. The largest absolute Gasteiger partial charge is 0.481 e. The van der Waals surface area contributed by atoms with Gasteiger partial charge in [-0.25, -0.2) is 9.07 Å². The highest BCUT2D eigenvalue weighted by Crippen LogP contribution is 2.19. The maximum absolute atomic E-state index is 13.8. The molecule has 2 rings (SSSR count). The van der Waals surface area contributed by atoms with Crippen LogP contribution in [0.25, 0.3) is 5.69 Å². The molecule has 6 heteroatoms. The van der Waals surface area contributed by atoms with Crippen LogP contribution in [0.5, 0.6) is 0 Å². The number of nitrogens with zero attached hydrogens (tertiary/aromatic N) is 3. The highest BCUT2D eigenvalue weighted by Gasteiger charge is 2.16. The summed E-state index contributed by atoms with van der Waals surface area (Å²) >= 11 is 0. The lowest BCUT2D eigenvalue weighted by Crippen LogP contribution is -2.06. The van der Waals surface area contributed by atoms with Crippen molar-refractivity contribution < 1.29 is 14.3 Å². The van der Waals surface area contributed by atoms with E-state index < -0.39 is 11.8 Å². The minimum absolute atomic E-state index is 0.223. The Morgan fingerprint density at radius 3 is 2.78 bits per heavy atom. The third-order valence-corrected chi connectivity index (χ3v) is 2.71. The van der Waals surface area contributed by atoms with Crippen LogP contribution in [0.4, 0.5) is 4.39 Å². The predicted octanol–water partition coefficient (Wildman–Crippen LogP) is 1.65. The van der Waals surface area contributed by atoms with Crippen molar-refractivity contribution in [2.45, 2.75) is 20.3 Å². The van der Waals surface area contributed by atoms with Crippen molar-refractivity contribution in [1.29, 1.82) is 0 Å². The Morgan fingerprint density at radius 2 is 2.17 bits per heavy atom. The Balaban J connectivity index is 2.52. The number of aryl methyl sites for hydroxylation is 1. The van der Waals surface area contributed by atoms with Gasteiger partial charge in [0.25, 0.3) is 0 Å². The van der Waals surface area contributed by atoms with E-state index in [-0.39, 0.29) is 6.42 Å². The molecule has 1 aromatic heterocycles. The summed E-state index contributed by atoms with van der Waals surface area (Å²) in [4.78, 5) is 10.6. The second-order valence-electron chi connectivity index (χ2n) is 4.01. The van der Waals surface area contributed by atoms with Crippen LogP contribution in [0.3, 0.4) is 0 Å². The molecule has 0 saturated carbocycles. The molecular formula is C12H12FN3O2. The zero-order valence-electron chi connectivity index (χ0n) is 10.0. The van der Waals surface area contributed by atoms with Crippen molar-refractivity contribution in [3.63, 3.8) is 0 Å². The summed E-state index contributed by atoms with van der Waals surface area (Å²) in [6.07, 6.45) is -0.223. The highest BCUT2D eigenvalue weighted by molar-refractivity contribution is 5.69. The molecule has 94 valence electrons. The van der Waals surface area contributed by atoms with Crippen molar-refractivity contribution in [3.8, 4) is 5.69 Å². The van der Waals surface area contributed by atoms with E-state index in [4.69, 9.17) is 5.11 Å². The molecule has 0 unspecified atom stereocenters. The first-order chi connectivity index (χ1) is 8.50. The Hall–Kier alpha value is -2.24. The highest BCUT2D eigenvalue weighted by atomic mass is 19.1. The normalized spacial score (nSPS) is 10.6. The number of benzene rings is 1. The van der Waals surface area contributed by atoms with Crippen LogP contribution in [0, 0.1) is 19.7 Å². The Kier molecular flexibility index (Phi) is 3.10. The molecule has 0 amide bonds. The number of carbonyl (C=O) groups is 1. The van der Waals surface area contributed by atoms with Gasteiger partial charge in [-0.15, -0.1) is 5.10 Å². The van der Waals surface area contributed by atoms with Crippen LogP contribution < -0.4 is 0 Å². The number of aromatic nitrogens is 3. The Labute approximate surface area is 103 Å². The molecule has 1 heterocycles. The van der Waals surface area contributed by atoms with E-state index in [1.165, 1.54) is 10.7 Å². The molecule has 1 aromatic carbocycles. The monoisotopic (exact) mass is 249 g/mol. The average molecular weight is 249 g/mol. The van der Waals surface area contributed by atoms with Gasteiger partial charge in [-0.1, -0.05) is 17.3 Å². The summed E-state index contributed by atoms with van der Waals surface area (Å²) in [7, 11) is 0. The average Bonchev–Trinajstić information content (AvgIpc) is 2.61. The third kappa shape index (κ3) is 2.09. The number of carboxylic acids is 1. The molecule has 1 N–H and O–H groups in total. The number of hydrogen-bond acceptors (Lipinski definition) is 3. The molecule has 0 atom stereocenters. The molecule has 18 heavy (non-hydrogen) atoms. The summed E-state index contributed by atoms with van der Waals surface area (Å²) in [5.74, 6) is -1.40. The molecular weight excluding hydrogens is 237 g/mol. The molecule has 0 aliphatic heterocycles. The van der Waals surface area contributed by atoms with Crippen molar-refractivity contribution in [1.82, 2.24) is 15.0 Å². The van der Waals surface area contributed by atoms with E-state index >= 15 is 0 Å². The Bertz CT molecular complexity index is 587. The lowest BCUT2D eigenvalue weighted by Gasteiger charge is -2.08. The second-order valence-corrected chi connectivity index (χ2v) is 4.01. The summed E-state index contributed by atoms with van der Waals surface area (Å²) < 4.78 is 15.1. The van der Waals surface area contributed by atoms with Gasteiger partial charge in [0.05, 0.1) is 17.8 Å². The van der Waals surface area contributed by atoms with Crippen LogP contribution in [0.2, 0.25) is 0 Å². The third-order valence-electron chi connectivity index (χ3n) is 2.71. The fourth-order valence-corrected chi connectivity index (χ4v) is 1.77. The van der Waals surface area contributed by atoms with E-state index in [2.05, 4.69) is 10.3 Å². The van der Waals surface area contributed by atoms with Gasteiger partial charge in [-0.2, -0.15) is 0 Å². The van der Waals surface area contributed by atoms with Gasteiger partial charge in [0, 0.05) is 0 Å². The van der Waals surface area contributed by atoms with Gasteiger partial charge in [0.15, 0.2) is 0 Å². The minimum atomic E-state index is -0.990. The van der Waals surface area contributed by atoms with Crippen LogP contribution in [0.15, 0.2) is 18.2 Å². The van der Waals surface area contributed by atoms with E-state index in [0.717, 1.165) is 0 Å². The SMILES string of the molecule is Cc1cccc(F)c1-n1nnc(CC(=O)O)c1C. The molecule has 0 radical (unpaired) electrons. The van der Waals surface area contributed by atoms with Crippen LogP contribution in [-0.2, 0) is 11.2 Å². The Morgan fingerprint density at radius 1 is 1.44 bits per heavy atom. The number of rotatable bonds is 3. The number of para-hydroxylation sites is 1. The van der Waals surface area contributed by atoms with Crippen molar-refractivity contribution in [3.05, 3.63) is 41.0 Å². The van der Waals surface area contributed by atoms with E-state index in [1.54, 1.807) is 26.0 Å². The molecule has 0 fully saturated rings. The number of hydrogen-bond donors (Lipinski definition) is 1. The van der Waals surface area contributed by atoms with Gasteiger partial charge in [0.2, 0.25) is 0 Å². The maximum atomic E-state index is 13.8.